The summed E-state index contributed by atoms with van der Waals surface area (Å²) in [7, 11) is 0. The van der Waals surface area contributed by atoms with Gasteiger partial charge in [-0.05, 0) is 36.6 Å². The molecule has 0 radical (unpaired) electrons. The Balaban J connectivity index is 1.56. The molecule has 2 aromatic carbocycles. The van der Waals surface area contributed by atoms with Gasteiger partial charge in [-0.3, -0.25) is 4.90 Å². The highest BCUT2D eigenvalue weighted by atomic mass is 16.5. The van der Waals surface area contributed by atoms with Gasteiger partial charge in [0.05, 0.1) is 6.61 Å². The lowest BCUT2D eigenvalue weighted by Crippen LogP contribution is -2.23. The van der Waals surface area contributed by atoms with Gasteiger partial charge in [-0.25, -0.2) is 0 Å². The summed E-state index contributed by atoms with van der Waals surface area (Å²) in [5.74, 6) is 0. The minimum absolute atomic E-state index is 0.0329. The molecule has 0 spiro atoms. The molecule has 1 aromatic heterocycles. The molecular formula is C23H26N2O. The Morgan fingerprint density at radius 1 is 1.08 bits per heavy atom. The van der Waals surface area contributed by atoms with E-state index in [1.54, 1.807) is 0 Å². The quantitative estimate of drug-likeness (QED) is 0.655. The zero-order chi connectivity index (χ0) is 17.9. The molecule has 0 amide bonds. The third kappa shape index (κ3) is 3.46. The maximum absolute atomic E-state index is 6.07. The number of hydrogen-bond acceptors (Lipinski definition) is 2. The van der Waals surface area contributed by atoms with Crippen LogP contribution in [0.4, 0.5) is 0 Å². The van der Waals surface area contributed by atoms with Crippen molar-refractivity contribution in [2.45, 2.75) is 33.0 Å². The molecule has 0 bridgehead atoms. The number of aromatic nitrogens is 1. The highest BCUT2D eigenvalue weighted by Crippen LogP contribution is 2.30. The van der Waals surface area contributed by atoms with Crippen molar-refractivity contribution in [1.82, 2.24) is 9.47 Å². The second-order valence-electron chi connectivity index (χ2n) is 7.02. The smallest absolute Gasteiger partial charge is 0.138 e. The Morgan fingerprint density at radius 3 is 2.81 bits per heavy atom. The lowest BCUT2D eigenvalue weighted by atomic mass is 10.1. The summed E-state index contributed by atoms with van der Waals surface area (Å²) in [6, 6.07) is 19.5. The molecule has 0 saturated carbocycles. The van der Waals surface area contributed by atoms with E-state index < -0.39 is 0 Å². The van der Waals surface area contributed by atoms with Gasteiger partial charge in [0, 0.05) is 36.7 Å². The topological polar surface area (TPSA) is 17.4 Å². The van der Waals surface area contributed by atoms with E-state index in [9.17, 15) is 0 Å². The highest BCUT2D eigenvalue weighted by molar-refractivity contribution is 5.42. The van der Waals surface area contributed by atoms with E-state index in [-0.39, 0.29) is 6.23 Å². The largest absolute Gasteiger partial charge is 0.357 e. The van der Waals surface area contributed by atoms with Gasteiger partial charge < -0.3 is 9.30 Å². The van der Waals surface area contributed by atoms with Crippen molar-refractivity contribution in [2.75, 3.05) is 13.2 Å². The maximum Gasteiger partial charge on any atom is 0.138 e. The molecule has 134 valence electrons. The van der Waals surface area contributed by atoms with Crippen molar-refractivity contribution in [3.05, 3.63) is 89.2 Å². The van der Waals surface area contributed by atoms with Gasteiger partial charge in [-0.1, -0.05) is 55.0 Å². The van der Waals surface area contributed by atoms with Crippen LogP contribution >= 0.6 is 0 Å². The Bertz CT molecular complexity index is 883. The van der Waals surface area contributed by atoms with Crippen molar-refractivity contribution in [2.24, 2.45) is 0 Å². The van der Waals surface area contributed by atoms with Crippen molar-refractivity contribution in [3.63, 3.8) is 0 Å². The molecule has 26 heavy (non-hydrogen) atoms. The predicted octanol–water partition coefficient (Wildman–Crippen LogP) is 4.88. The van der Waals surface area contributed by atoms with Crippen LogP contribution in [0.25, 0.3) is 5.69 Å². The van der Waals surface area contributed by atoms with Gasteiger partial charge in [0.1, 0.15) is 6.23 Å². The molecule has 1 fully saturated rings. The van der Waals surface area contributed by atoms with Crippen LogP contribution in [0.5, 0.6) is 0 Å². The van der Waals surface area contributed by atoms with Crippen LogP contribution in [0, 0.1) is 6.92 Å². The van der Waals surface area contributed by atoms with Crippen LogP contribution in [-0.4, -0.2) is 22.6 Å². The van der Waals surface area contributed by atoms with Crippen LogP contribution in [0.15, 0.2) is 67.0 Å². The average Bonchev–Trinajstić information content (AvgIpc) is 3.31. The molecule has 1 saturated heterocycles. The minimum Gasteiger partial charge on any atom is -0.357 e. The molecule has 0 N–H and O–H groups in total. The molecule has 0 unspecified atom stereocenters. The van der Waals surface area contributed by atoms with Crippen LogP contribution in [0.3, 0.4) is 0 Å². The Morgan fingerprint density at radius 2 is 1.96 bits per heavy atom. The third-order valence-corrected chi connectivity index (χ3v) is 5.11. The fourth-order valence-electron chi connectivity index (χ4n) is 3.79. The lowest BCUT2D eigenvalue weighted by Gasteiger charge is -2.22. The van der Waals surface area contributed by atoms with Gasteiger partial charge in [-0.15, -0.1) is 0 Å². The Labute approximate surface area is 155 Å². The van der Waals surface area contributed by atoms with Gasteiger partial charge in [-0.2, -0.15) is 0 Å². The zero-order valence-electron chi connectivity index (χ0n) is 15.6. The summed E-state index contributed by atoms with van der Waals surface area (Å²) >= 11 is 0. The number of aryl methyl sites for hydroxylation is 2. The lowest BCUT2D eigenvalue weighted by molar-refractivity contribution is 0.0288. The number of ether oxygens (including phenoxy) is 1. The summed E-state index contributed by atoms with van der Waals surface area (Å²) in [6.07, 6.45) is 5.43. The number of rotatable bonds is 5. The molecule has 1 aliphatic heterocycles. The van der Waals surface area contributed by atoms with Crippen molar-refractivity contribution >= 4 is 0 Å². The maximum atomic E-state index is 6.07. The van der Waals surface area contributed by atoms with Crippen molar-refractivity contribution < 1.29 is 4.74 Å². The van der Waals surface area contributed by atoms with E-state index in [4.69, 9.17) is 4.74 Å². The zero-order valence-corrected chi connectivity index (χ0v) is 15.6. The third-order valence-electron chi connectivity index (χ3n) is 5.11. The Kier molecular flexibility index (Phi) is 4.91. The van der Waals surface area contributed by atoms with Crippen LogP contribution < -0.4 is 0 Å². The minimum atomic E-state index is 0.0329. The normalized spacial score (nSPS) is 17.7. The number of benzene rings is 2. The van der Waals surface area contributed by atoms with E-state index in [0.717, 1.165) is 26.1 Å². The fraction of sp³-hybridized carbons (Fsp3) is 0.304. The second-order valence-corrected chi connectivity index (χ2v) is 7.02. The summed E-state index contributed by atoms with van der Waals surface area (Å²) in [4.78, 5) is 2.42. The summed E-state index contributed by atoms with van der Waals surface area (Å²) < 4.78 is 8.30. The van der Waals surface area contributed by atoms with E-state index >= 15 is 0 Å². The van der Waals surface area contributed by atoms with E-state index in [1.165, 1.54) is 27.9 Å². The summed E-state index contributed by atoms with van der Waals surface area (Å²) in [5.41, 5.74) is 6.49. The standard InChI is InChI=1S/C23H26N2O/c1-3-20-9-4-5-10-22(20)24-12-11-21(17-24)23-25(13-14-26-23)16-19-8-6-7-18(2)15-19/h4-12,15,17,23H,3,13-14,16H2,1-2H3/t23-/m0/s1. The van der Waals surface area contributed by atoms with Gasteiger partial charge >= 0.3 is 0 Å². The SMILES string of the molecule is CCc1ccccc1-n1ccc([C@@H]2OCCN2Cc2cccc(C)c2)c1. The van der Waals surface area contributed by atoms with Crippen molar-refractivity contribution in [1.29, 1.82) is 0 Å². The molecule has 1 atom stereocenters. The second kappa shape index (κ2) is 7.48. The fourth-order valence-corrected chi connectivity index (χ4v) is 3.79. The summed E-state index contributed by atoms with van der Waals surface area (Å²) in [6.45, 7) is 7.02. The highest BCUT2D eigenvalue weighted by Gasteiger charge is 2.27. The van der Waals surface area contributed by atoms with E-state index in [1.807, 2.05) is 0 Å². The molecule has 3 aromatic rings. The molecule has 4 rings (SSSR count). The molecule has 3 heteroatoms. The number of nitrogens with zero attached hydrogens (tertiary/aromatic N) is 2. The predicted molar refractivity (Wildman–Crippen MR) is 105 cm³/mol. The van der Waals surface area contributed by atoms with Gasteiger partial charge in [0.25, 0.3) is 0 Å². The molecule has 1 aliphatic rings. The average molecular weight is 346 g/mol. The van der Waals surface area contributed by atoms with Crippen molar-refractivity contribution in [3.8, 4) is 5.69 Å². The van der Waals surface area contributed by atoms with Crippen LogP contribution in [-0.2, 0) is 17.7 Å². The van der Waals surface area contributed by atoms with Gasteiger partial charge in [0.2, 0.25) is 0 Å². The first-order valence-electron chi connectivity index (χ1n) is 9.42. The first-order chi connectivity index (χ1) is 12.7. The van der Waals surface area contributed by atoms with Crippen LogP contribution in [0.2, 0.25) is 0 Å². The van der Waals surface area contributed by atoms with E-state index in [0.29, 0.717) is 0 Å². The number of para-hydroxylation sites is 1. The molecule has 2 heterocycles. The van der Waals surface area contributed by atoms with Gasteiger partial charge in [0.15, 0.2) is 0 Å². The Hall–Kier alpha value is -2.36. The summed E-state index contributed by atoms with van der Waals surface area (Å²) in [5, 5.41) is 0. The van der Waals surface area contributed by atoms with Crippen LogP contribution in [0.1, 0.15) is 35.4 Å². The monoisotopic (exact) mass is 346 g/mol. The first-order valence-corrected chi connectivity index (χ1v) is 9.42. The molecule has 0 aliphatic carbocycles. The first kappa shape index (κ1) is 17.1. The molecule has 3 nitrogen and oxygen atoms in total. The molecular weight excluding hydrogens is 320 g/mol. The number of hydrogen-bond donors (Lipinski definition) is 0. The van der Waals surface area contributed by atoms with E-state index in [2.05, 4.69) is 90.3 Å².